The largest absolute Gasteiger partial charge is 0.326 e. The van der Waals surface area contributed by atoms with Gasteiger partial charge in [0.05, 0.1) is 9.95 Å². The van der Waals surface area contributed by atoms with Crippen molar-refractivity contribution in [1.29, 1.82) is 0 Å². The Bertz CT molecular complexity index is 460. The molecule has 0 bridgehead atoms. The molecule has 0 spiro atoms. The maximum atomic E-state index is 10.6. The molecule has 1 heterocycles. The predicted molar refractivity (Wildman–Crippen MR) is 77.8 cm³/mol. The minimum Gasteiger partial charge on any atom is -0.326 e. The Hall–Kier alpha value is -0.880. The summed E-state index contributed by atoms with van der Waals surface area (Å²) in [5.74, 6) is 0.474. The molecule has 1 fully saturated rings. The van der Waals surface area contributed by atoms with E-state index in [2.05, 4.69) is 11.8 Å². The van der Waals surface area contributed by atoms with Crippen molar-refractivity contribution < 1.29 is 4.92 Å². The number of likely N-dealkylation sites (tertiary alicyclic amines) is 1. The lowest BCUT2D eigenvalue weighted by Crippen LogP contribution is -2.28. The lowest BCUT2D eigenvalue weighted by Gasteiger charge is -2.16. The van der Waals surface area contributed by atoms with Gasteiger partial charge in [0.2, 0.25) is 0 Å². The number of rotatable bonds is 3. The molecule has 1 aliphatic rings. The maximum absolute atomic E-state index is 10.6. The molecule has 1 aromatic rings. The first kappa shape index (κ1) is 16.2. The molecular formula is C12H17Cl2N3O2. The van der Waals surface area contributed by atoms with Crippen molar-refractivity contribution in [2.75, 3.05) is 13.1 Å². The maximum Gasteiger partial charge on any atom is 0.270 e. The standard InChI is InChI=1S/C12H16ClN3O2.ClH/c1-8-5-15(7-12(8)14)6-9-2-3-10(16(17)18)4-11(9)13;/h2-4,8,12H,5-7,14H2,1H3;1H. The molecule has 0 aliphatic carbocycles. The quantitative estimate of drug-likeness (QED) is 0.687. The molecule has 106 valence electrons. The Labute approximate surface area is 123 Å². The number of hydrogen-bond donors (Lipinski definition) is 1. The zero-order chi connectivity index (χ0) is 13.3. The summed E-state index contributed by atoms with van der Waals surface area (Å²) in [5, 5.41) is 11.1. The lowest BCUT2D eigenvalue weighted by molar-refractivity contribution is -0.384. The fourth-order valence-corrected chi connectivity index (χ4v) is 2.48. The summed E-state index contributed by atoms with van der Waals surface area (Å²) in [4.78, 5) is 12.4. The third kappa shape index (κ3) is 3.79. The number of benzene rings is 1. The van der Waals surface area contributed by atoms with Gasteiger partial charge in [-0.3, -0.25) is 15.0 Å². The molecule has 2 rings (SSSR count). The number of halogens is 2. The molecule has 5 nitrogen and oxygen atoms in total. The van der Waals surface area contributed by atoms with Gasteiger partial charge >= 0.3 is 0 Å². The fraction of sp³-hybridized carbons (Fsp3) is 0.500. The van der Waals surface area contributed by atoms with E-state index in [1.165, 1.54) is 12.1 Å². The molecule has 1 saturated heterocycles. The number of nitrogens with two attached hydrogens (primary N) is 1. The molecular weight excluding hydrogens is 289 g/mol. The SMILES string of the molecule is CC1CN(Cc2ccc([N+](=O)[O-])cc2Cl)CC1N.Cl. The van der Waals surface area contributed by atoms with Gasteiger partial charge in [0.15, 0.2) is 0 Å². The van der Waals surface area contributed by atoms with Crippen LogP contribution in [0.3, 0.4) is 0 Å². The number of non-ortho nitro benzene ring substituents is 1. The number of nitrogens with zero attached hydrogens (tertiary/aromatic N) is 2. The zero-order valence-electron chi connectivity index (χ0n) is 10.6. The van der Waals surface area contributed by atoms with Gasteiger partial charge in [-0.05, 0) is 17.5 Å². The summed E-state index contributed by atoms with van der Waals surface area (Å²) in [7, 11) is 0. The van der Waals surface area contributed by atoms with Gasteiger partial charge in [-0.1, -0.05) is 18.5 Å². The van der Waals surface area contributed by atoms with Crippen molar-refractivity contribution in [3.63, 3.8) is 0 Å². The Morgan fingerprint density at radius 2 is 2.21 bits per heavy atom. The summed E-state index contributed by atoms with van der Waals surface area (Å²) in [6.45, 7) is 4.60. The fourth-order valence-electron chi connectivity index (χ4n) is 2.24. The molecule has 0 amide bonds. The van der Waals surface area contributed by atoms with Crippen LogP contribution in [0.4, 0.5) is 5.69 Å². The van der Waals surface area contributed by atoms with E-state index in [0.29, 0.717) is 17.5 Å². The highest BCUT2D eigenvalue weighted by atomic mass is 35.5. The van der Waals surface area contributed by atoms with E-state index >= 15 is 0 Å². The van der Waals surface area contributed by atoms with Crippen molar-refractivity contribution >= 4 is 29.7 Å². The summed E-state index contributed by atoms with van der Waals surface area (Å²) in [6, 6.07) is 4.80. The molecule has 0 radical (unpaired) electrons. The molecule has 7 heteroatoms. The van der Waals surface area contributed by atoms with Crippen molar-refractivity contribution in [1.82, 2.24) is 4.90 Å². The lowest BCUT2D eigenvalue weighted by atomic mass is 10.1. The molecule has 1 aliphatic heterocycles. The smallest absolute Gasteiger partial charge is 0.270 e. The zero-order valence-corrected chi connectivity index (χ0v) is 12.2. The minimum atomic E-state index is -0.441. The number of nitro groups is 1. The van der Waals surface area contributed by atoms with Crippen LogP contribution in [0.5, 0.6) is 0 Å². The predicted octanol–water partition coefficient (Wildman–Crippen LogP) is 2.45. The van der Waals surface area contributed by atoms with Gasteiger partial charge in [0.25, 0.3) is 5.69 Å². The second-order valence-electron chi connectivity index (χ2n) is 4.87. The topological polar surface area (TPSA) is 72.4 Å². The Morgan fingerprint density at radius 1 is 1.53 bits per heavy atom. The molecule has 2 unspecified atom stereocenters. The molecule has 2 atom stereocenters. The van der Waals surface area contributed by atoms with E-state index in [0.717, 1.165) is 18.7 Å². The molecule has 2 N–H and O–H groups in total. The van der Waals surface area contributed by atoms with E-state index in [1.54, 1.807) is 6.07 Å². The third-order valence-corrected chi connectivity index (χ3v) is 3.74. The van der Waals surface area contributed by atoms with Crippen LogP contribution >= 0.6 is 24.0 Å². The number of hydrogen-bond acceptors (Lipinski definition) is 4. The van der Waals surface area contributed by atoms with E-state index in [9.17, 15) is 10.1 Å². The highest BCUT2D eigenvalue weighted by Gasteiger charge is 2.26. The first-order valence-corrected chi connectivity index (χ1v) is 6.26. The Morgan fingerprint density at radius 3 is 2.68 bits per heavy atom. The monoisotopic (exact) mass is 305 g/mol. The first-order chi connectivity index (χ1) is 8.47. The van der Waals surface area contributed by atoms with E-state index in [4.69, 9.17) is 17.3 Å². The second kappa shape index (κ2) is 6.52. The first-order valence-electron chi connectivity index (χ1n) is 5.88. The summed E-state index contributed by atoms with van der Waals surface area (Å²) in [6.07, 6.45) is 0. The van der Waals surface area contributed by atoms with Crippen LogP contribution in [0.1, 0.15) is 12.5 Å². The van der Waals surface area contributed by atoms with Gasteiger partial charge in [0.1, 0.15) is 0 Å². The average molecular weight is 306 g/mol. The van der Waals surface area contributed by atoms with Gasteiger partial charge in [-0.2, -0.15) is 0 Å². The molecule has 1 aromatic carbocycles. The van der Waals surface area contributed by atoms with Gasteiger partial charge in [-0.15, -0.1) is 12.4 Å². The minimum absolute atomic E-state index is 0. The van der Waals surface area contributed by atoms with Crippen molar-refractivity contribution in [2.45, 2.75) is 19.5 Å². The van der Waals surface area contributed by atoms with Crippen LogP contribution < -0.4 is 5.73 Å². The van der Waals surface area contributed by atoms with Gasteiger partial charge < -0.3 is 5.73 Å². The van der Waals surface area contributed by atoms with Crippen LogP contribution in [0.2, 0.25) is 5.02 Å². The van der Waals surface area contributed by atoms with E-state index < -0.39 is 4.92 Å². The van der Waals surface area contributed by atoms with Crippen LogP contribution in [-0.2, 0) is 6.54 Å². The van der Waals surface area contributed by atoms with Crippen LogP contribution in [0, 0.1) is 16.0 Å². The summed E-state index contributed by atoms with van der Waals surface area (Å²) in [5.41, 5.74) is 6.89. The van der Waals surface area contributed by atoms with Crippen LogP contribution in [0.25, 0.3) is 0 Å². The van der Waals surface area contributed by atoms with Crippen molar-refractivity contribution in [3.8, 4) is 0 Å². The number of nitro benzene ring substituents is 1. The highest BCUT2D eigenvalue weighted by Crippen LogP contribution is 2.25. The average Bonchev–Trinajstić information content (AvgIpc) is 2.61. The van der Waals surface area contributed by atoms with Crippen molar-refractivity contribution in [2.24, 2.45) is 11.7 Å². The summed E-state index contributed by atoms with van der Waals surface area (Å²) >= 11 is 6.06. The van der Waals surface area contributed by atoms with Crippen molar-refractivity contribution in [3.05, 3.63) is 38.9 Å². The third-order valence-electron chi connectivity index (χ3n) is 3.39. The molecule has 0 aromatic heterocycles. The highest BCUT2D eigenvalue weighted by molar-refractivity contribution is 6.31. The second-order valence-corrected chi connectivity index (χ2v) is 5.28. The van der Waals surface area contributed by atoms with Crippen LogP contribution in [-0.4, -0.2) is 29.0 Å². The molecule has 0 saturated carbocycles. The summed E-state index contributed by atoms with van der Waals surface area (Å²) < 4.78 is 0. The Kier molecular flexibility index (Phi) is 5.55. The molecule has 19 heavy (non-hydrogen) atoms. The van der Waals surface area contributed by atoms with Crippen LogP contribution in [0.15, 0.2) is 18.2 Å². The van der Waals surface area contributed by atoms with Gasteiger partial charge in [-0.25, -0.2) is 0 Å². The Balaban J connectivity index is 0.00000180. The van der Waals surface area contributed by atoms with E-state index in [1.807, 2.05) is 0 Å². The normalized spacial score (nSPS) is 23.1. The van der Waals surface area contributed by atoms with Gasteiger partial charge in [0, 0.05) is 37.8 Å². The van der Waals surface area contributed by atoms with E-state index in [-0.39, 0.29) is 24.1 Å².